The first-order valence-electron chi connectivity index (χ1n) is 12.7. The molecule has 0 bridgehead atoms. The zero-order valence-corrected chi connectivity index (χ0v) is 23.8. The van der Waals surface area contributed by atoms with Gasteiger partial charge in [0.25, 0.3) is 0 Å². The fourth-order valence-corrected chi connectivity index (χ4v) is 3.20. The fraction of sp³-hybridized carbons (Fsp3) is 0.571. The van der Waals surface area contributed by atoms with E-state index < -0.39 is 110 Å². The molecule has 0 radical (unpaired) electrons. The lowest BCUT2D eigenvalue weighted by Gasteiger charge is -2.27. The van der Waals surface area contributed by atoms with Crippen molar-refractivity contribution in [3.8, 4) is 0 Å². The van der Waals surface area contributed by atoms with E-state index in [0.29, 0.717) is 0 Å². The minimum atomic E-state index is -1.08. The minimum Gasteiger partial charge on any atom is -0.461 e. The van der Waals surface area contributed by atoms with Gasteiger partial charge in [0.1, 0.15) is 74.2 Å². The maximum atomic E-state index is 12.1. The minimum absolute atomic E-state index is 0.0901. The number of Topliss-reactive ketones (excluding diaryl/α,β-unsaturated/α-hetero) is 4. The monoisotopic (exact) mass is 582 g/mol. The van der Waals surface area contributed by atoms with E-state index >= 15 is 0 Å². The second-order valence-corrected chi connectivity index (χ2v) is 9.26. The average Bonchev–Trinajstić information content (AvgIpc) is 2.82. The summed E-state index contributed by atoms with van der Waals surface area (Å²) in [6.07, 6.45) is -3.30. The van der Waals surface area contributed by atoms with Gasteiger partial charge in [-0.15, -0.1) is 13.2 Å². The lowest BCUT2D eigenvalue weighted by molar-refractivity contribution is -0.164. The molecule has 13 nitrogen and oxygen atoms in total. The molecule has 0 aromatic carbocycles. The molecular formula is C28H38O13. The summed E-state index contributed by atoms with van der Waals surface area (Å²) in [6, 6.07) is 0. The number of rotatable bonds is 22. The van der Waals surface area contributed by atoms with Crippen LogP contribution in [0.1, 0.15) is 66.2 Å². The van der Waals surface area contributed by atoms with Crippen molar-refractivity contribution >= 4 is 47.0 Å². The number of carbonyl (C=O) groups is 8. The molecule has 0 rings (SSSR count). The van der Waals surface area contributed by atoms with Crippen molar-refractivity contribution in [3.63, 3.8) is 0 Å². The molecule has 13 heteroatoms. The van der Waals surface area contributed by atoms with E-state index in [1.807, 2.05) is 0 Å². The topological polar surface area (TPSA) is 183 Å². The number of ether oxygens (including phenoxy) is 5. The first kappa shape index (κ1) is 37.0. The molecule has 0 fully saturated rings. The van der Waals surface area contributed by atoms with Gasteiger partial charge in [-0.05, 0) is 27.7 Å². The van der Waals surface area contributed by atoms with E-state index in [0.717, 1.165) is 0 Å². The van der Waals surface area contributed by atoms with Gasteiger partial charge >= 0.3 is 23.9 Å². The van der Waals surface area contributed by atoms with Crippen molar-refractivity contribution in [2.24, 2.45) is 0 Å². The first-order chi connectivity index (χ1) is 19.1. The molecule has 228 valence electrons. The average molecular weight is 583 g/mol. The summed E-state index contributed by atoms with van der Waals surface area (Å²) in [6.45, 7) is 11.3. The summed E-state index contributed by atoms with van der Waals surface area (Å²) in [7, 11) is 0. The lowest BCUT2D eigenvalue weighted by atomic mass is 10.1. The summed E-state index contributed by atoms with van der Waals surface area (Å²) in [5.41, 5.74) is 0. The highest BCUT2D eigenvalue weighted by Crippen LogP contribution is 2.17. The largest absolute Gasteiger partial charge is 0.461 e. The molecule has 41 heavy (non-hydrogen) atoms. The summed E-state index contributed by atoms with van der Waals surface area (Å²) in [4.78, 5) is 92.8. The van der Waals surface area contributed by atoms with Crippen LogP contribution >= 0.6 is 0 Å². The zero-order valence-electron chi connectivity index (χ0n) is 23.8. The van der Waals surface area contributed by atoms with Gasteiger partial charge in [0.05, 0.1) is 12.2 Å². The van der Waals surface area contributed by atoms with Crippen LogP contribution in [-0.2, 0) is 62.0 Å². The van der Waals surface area contributed by atoms with Crippen LogP contribution in [0.4, 0.5) is 0 Å². The van der Waals surface area contributed by atoms with Gasteiger partial charge in [0, 0.05) is 12.8 Å². The molecule has 0 aliphatic carbocycles. The van der Waals surface area contributed by atoms with E-state index in [-0.39, 0.29) is 12.8 Å². The summed E-state index contributed by atoms with van der Waals surface area (Å²) < 4.78 is 26.5. The Morgan fingerprint density at radius 3 is 1.10 bits per heavy atom. The van der Waals surface area contributed by atoms with Crippen LogP contribution in [0.2, 0.25) is 0 Å². The van der Waals surface area contributed by atoms with Crippen LogP contribution in [-0.4, -0.2) is 84.6 Å². The van der Waals surface area contributed by atoms with Crippen molar-refractivity contribution in [2.75, 3.05) is 13.2 Å². The predicted molar refractivity (Wildman–Crippen MR) is 141 cm³/mol. The number of hydrogen-bond donors (Lipinski definition) is 0. The Morgan fingerprint density at radius 1 is 0.537 bits per heavy atom. The highest BCUT2D eigenvalue weighted by Gasteiger charge is 2.27. The smallest absolute Gasteiger partial charge is 0.313 e. The Hall–Kier alpha value is -4.00. The molecule has 0 aliphatic rings. The van der Waals surface area contributed by atoms with E-state index in [9.17, 15) is 38.4 Å². The Balaban J connectivity index is 5.56. The standard InChI is InChI=1S/C28H38O13/c1-7-21(13-23(40-27(35)11-19(5)31)15-37-25(33)9-17(3)29)39-22(8-2)14-24(41-28(36)12-20(6)32)16-38-26(34)10-18(4)30/h7-8,21-24H,1-2,9-16H2,3-6H3. The summed E-state index contributed by atoms with van der Waals surface area (Å²) in [5, 5.41) is 0. The van der Waals surface area contributed by atoms with Crippen molar-refractivity contribution in [1.82, 2.24) is 0 Å². The van der Waals surface area contributed by atoms with Crippen molar-refractivity contribution < 1.29 is 62.0 Å². The van der Waals surface area contributed by atoms with Gasteiger partial charge < -0.3 is 23.7 Å². The highest BCUT2D eigenvalue weighted by molar-refractivity contribution is 5.95. The van der Waals surface area contributed by atoms with Crippen molar-refractivity contribution in [3.05, 3.63) is 25.3 Å². The molecule has 4 atom stereocenters. The Morgan fingerprint density at radius 2 is 0.829 bits per heavy atom. The highest BCUT2D eigenvalue weighted by atomic mass is 16.6. The van der Waals surface area contributed by atoms with Crippen LogP contribution in [0.3, 0.4) is 0 Å². The number of carbonyl (C=O) groups excluding carboxylic acids is 8. The number of ketones is 4. The molecule has 0 aromatic heterocycles. The number of esters is 4. The molecule has 0 aliphatic heterocycles. The molecule has 0 saturated heterocycles. The van der Waals surface area contributed by atoms with Crippen LogP contribution in [0, 0.1) is 0 Å². The van der Waals surface area contributed by atoms with Gasteiger partial charge in [-0.3, -0.25) is 38.4 Å². The lowest BCUT2D eigenvalue weighted by Crippen LogP contribution is -2.34. The van der Waals surface area contributed by atoms with E-state index in [1.54, 1.807) is 0 Å². The molecule has 0 saturated carbocycles. The van der Waals surface area contributed by atoms with Gasteiger partial charge in [0.15, 0.2) is 0 Å². The summed E-state index contributed by atoms with van der Waals surface area (Å²) in [5.74, 6) is -5.13. The maximum Gasteiger partial charge on any atom is 0.313 e. The van der Waals surface area contributed by atoms with Gasteiger partial charge in [-0.2, -0.15) is 0 Å². The first-order valence-corrected chi connectivity index (χ1v) is 12.7. The molecule has 0 N–H and O–H groups in total. The third-order valence-corrected chi connectivity index (χ3v) is 4.90. The van der Waals surface area contributed by atoms with E-state index in [1.165, 1.54) is 39.8 Å². The Labute approximate surface area is 238 Å². The van der Waals surface area contributed by atoms with Gasteiger partial charge in [-0.1, -0.05) is 12.2 Å². The fourth-order valence-electron chi connectivity index (χ4n) is 3.20. The zero-order chi connectivity index (χ0) is 31.5. The molecule has 4 unspecified atom stereocenters. The molecular weight excluding hydrogens is 544 g/mol. The van der Waals surface area contributed by atoms with Gasteiger partial charge in [0.2, 0.25) is 0 Å². The third-order valence-electron chi connectivity index (χ3n) is 4.90. The van der Waals surface area contributed by atoms with Crippen molar-refractivity contribution in [2.45, 2.75) is 90.6 Å². The Bertz CT molecular complexity index is 919. The maximum absolute atomic E-state index is 12.1. The molecule has 0 spiro atoms. The predicted octanol–water partition coefficient (Wildman–Crippen LogP) is 1.72. The molecule has 0 aromatic rings. The normalized spacial score (nSPS) is 13.4. The second-order valence-electron chi connectivity index (χ2n) is 9.26. The molecule has 0 heterocycles. The number of hydrogen-bond acceptors (Lipinski definition) is 13. The third kappa shape index (κ3) is 19.7. The van der Waals surface area contributed by atoms with Crippen LogP contribution in [0.25, 0.3) is 0 Å². The van der Waals surface area contributed by atoms with E-state index in [2.05, 4.69) is 13.2 Å². The van der Waals surface area contributed by atoms with E-state index in [4.69, 9.17) is 23.7 Å². The van der Waals surface area contributed by atoms with Crippen LogP contribution in [0.5, 0.6) is 0 Å². The van der Waals surface area contributed by atoms with Crippen molar-refractivity contribution in [1.29, 1.82) is 0 Å². The molecule has 0 amide bonds. The summed E-state index contributed by atoms with van der Waals surface area (Å²) >= 11 is 0. The SMILES string of the molecule is C=CC(CC(COC(=O)CC(C)=O)OC(=O)CC(C)=O)OC(C=C)CC(COC(=O)CC(C)=O)OC(=O)CC(C)=O. The Kier molecular flexibility index (Phi) is 18.0. The van der Waals surface area contributed by atoms with Crippen LogP contribution < -0.4 is 0 Å². The van der Waals surface area contributed by atoms with Crippen LogP contribution in [0.15, 0.2) is 25.3 Å². The van der Waals surface area contributed by atoms with Gasteiger partial charge in [-0.25, -0.2) is 0 Å². The quantitative estimate of drug-likeness (QED) is 0.0779. The second kappa shape index (κ2) is 20.0.